The quantitative estimate of drug-likeness (QED) is 0.518. The molecule has 0 aliphatic heterocycles. The van der Waals surface area contributed by atoms with E-state index in [1.165, 1.54) is 17.4 Å². The molecular weight excluding hydrogens is 362 g/mol. The van der Waals surface area contributed by atoms with Crippen LogP contribution in [0.3, 0.4) is 0 Å². The van der Waals surface area contributed by atoms with Gasteiger partial charge in [0.2, 0.25) is 0 Å². The van der Waals surface area contributed by atoms with Crippen LogP contribution < -0.4 is 5.32 Å². The molecular formula is C17H12ClN3O3S. The van der Waals surface area contributed by atoms with Gasteiger partial charge in [-0.1, -0.05) is 35.9 Å². The fourth-order valence-corrected chi connectivity index (χ4v) is 3.18. The van der Waals surface area contributed by atoms with E-state index in [2.05, 4.69) is 10.3 Å². The minimum Gasteiger partial charge on any atom is -0.298 e. The topological polar surface area (TPSA) is 85.1 Å². The Morgan fingerprint density at radius 2 is 2.04 bits per heavy atom. The van der Waals surface area contributed by atoms with Crippen LogP contribution in [-0.2, 0) is 0 Å². The number of nitro groups is 1. The van der Waals surface area contributed by atoms with Gasteiger partial charge in [0.1, 0.15) is 0 Å². The molecule has 25 heavy (non-hydrogen) atoms. The summed E-state index contributed by atoms with van der Waals surface area (Å²) in [6.07, 6.45) is 0. The van der Waals surface area contributed by atoms with Crippen LogP contribution in [0.15, 0.2) is 47.8 Å². The van der Waals surface area contributed by atoms with Crippen LogP contribution in [0.5, 0.6) is 0 Å². The number of rotatable bonds is 4. The van der Waals surface area contributed by atoms with Gasteiger partial charge >= 0.3 is 0 Å². The molecule has 3 aromatic rings. The second kappa shape index (κ2) is 7.00. The van der Waals surface area contributed by atoms with Gasteiger partial charge in [0.05, 0.1) is 10.6 Å². The molecule has 126 valence electrons. The van der Waals surface area contributed by atoms with E-state index in [0.717, 1.165) is 5.56 Å². The van der Waals surface area contributed by atoms with Crippen LogP contribution in [0.1, 0.15) is 15.9 Å². The average Bonchev–Trinajstić information content (AvgIpc) is 3.03. The molecule has 0 spiro atoms. The van der Waals surface area contributed by atoms with Crippen LogP contribution in [0.25, 0.3) is 11.3 Å². The molecule has 1 N–H and O–H groups in total. The Kier molecular flexibility index (Phi) is 4.78. The first-order chi connectivity index (χ1) is 12.0. The lowest BCUT2D eigenvalue weighted by molar-refractivity contribution is -0.385. The van der Waals surface area contributed by atoms with Crippen molar-refractivity contribution in [3.63, 3.8) is 0 Å². The Balaban J connectivity index is 1.82. The highest BCUT2D eigenvalue weighted by atomic mass is 35.5. The Labute approximate surface area is 152 Å². The summed E-state index contributed by atoms with van der Waals surface area (Å²) in [4.78, 5) is 27.2. The average molecular weight is 374 g/mol. The van der Waals surface area contributed by atoms with E-state index in [1.54, 1.807) is 30.5 Å². The number of carbonyl (C=O) groups excluding carboxylic acids is 1. The summed E-state index contributed by atoms with van der Waals surface area (Å²) in [5, 5.41) is 16.4. The number of nitro benzene ring substituents is 1. The van der Waals surface area contributed by atoms with Crippen molar-refractivity contribution >= 4 is 39.7 Å². The summed E-state index contributed by atoms with van der Waals surface area (Å²) in [6.45, 7) is 1.62. The van der Waals surface area contributed by atoms with Crippen LogP contribution >= 0.6 is 22.9 Å². The highest BCUT2D eigenvalue weighted by Crippen LogP contribution is 2.30. The lowest BCUT2D eigenvalue weighted by Gasteiger charge is -2.03. The molecule has 6 nitrogen and oxygen atoms in total. The first-order valence-electron chi connectivity index (χ1n) is 7.22. The SMILES string of the molecule is Cc1ccc(C(=O)Nc2nc(-c3ccccc3Cl)cs2)cc1[N+](=O)[O-]. The maximum atomic E-state index is 12.3. The van der Waals surface area contributed by atoms with Crippen LogP contribution in [0.2, 0.25) is 5.02 Å². The molecule has 0 aliphatic carbocycles. The smallest absolute Gasteiger partial charge is 0.273 e. The highest BCUT2D eigenvalue weighted by Gasteiger charge is 2.16. The molecule has 0 unspecified atom stereocenters. The monoisotopic (exact) mass is 373 g/mol. The number of aromatic nitrogens is 1. The summed E-state index contributed by atoms with van der Waals surface area (Å²) >= 11 is 7.40. The summed E-state index contributed by atoms with van der Waals surface area (Å²) in [5.41, 5.74) is 2.03. The minimum atomic E-state index is -0.509. The Morgan fingerprint density at radius 3 is 2.76 bits per heavy atom. The molecule has 0 radical (unpaired) electrons. The minimum absolute atomic E-state index is 0.0939. The van der Waals surface area contributed by atoms with E-state index < -0.39 is 10.8 Å². The second-order valence-corrected chi connectivity index (χ2v) is 6.50. The van der Waals surface area contributed by atoms with Crippen molar-refractivity contribution in [2.75, 3.05) is 5.32 Å². The fraction of sp³-hybridized carbons (Fsp3) is 0.0588. The maximum Gasteiger partial charge on any atom is 0.273 e. The first-order valence-corrected chi connectivity index (χ1v) is 8.48. The van der Waals surface area contributed by atoms with Crippen LogP contribution in [0.4, 0.5) is 10.8 Å². The first kappa shape index (κ1) is 17.1. The van der Waals surface area contributed by atoms with Crippen LogP contribution in [0, 0.1) is 17.0 Å². The number of halogens is 1. The molecule has 2 aromatic carbocycles. The number of hydrogen-bond acceptors (Lipinski definition) is 5. The zero-order valence-corrected chi connectivity index (χ0v) is 14.6. The lowest BCUT2D eigenvalue weighted by Crippen LogP contribution is -2.12. The van der Waals surface area contributed by atoms with Crippen molar-refractivity contribution in [2.24, 2.45) is 0 Å². The number of amides is 1. The molecule has 3 rings (SSSR count). The van der Waals surface area contributed by atoms with E-state index in [4.69, 9.17) is 11.6 Å². The number of aryl methyl sites for hydroxylation is 1. The molecule has 0 fully saturated rings. The molecule has 1 heterocycles. The molecule has 0 bridgehead atoms. The summed E-state index contributed by atoms with van der Waals surface area (Å²) in [7, 11) is 0. The van der Waals surface area contributed by atoms with Crippen molar-refractivity contribution in [1.29, 1.82) is 0 Å². The molecule has 0 atom stereocenters. The fourth-order valence-electron chi connectivity index (χ4n) is 2.24. The normalized spacial score (nSPS) is 10.5. The van der Waals surface area contributed by atoms with Gasteiger partial charge < -0.3 is 0 Å². The van der Waals surface area contributed by atoms with E-state index >= 15 is 0 Å². The third-order valence-electron chi connectivity index (χ3n) is 3.54. The van der Waals surface area contributed by atoms with Crippen molar-refractivity contribution in [3.05, 3.63) is 74.1 Å². The van der Waals surface area contributed by atoms with Gasteiger partial charge in [0.15, 0.2) is 5.13 Å². The molecule has 0 saturated heterocycles. The van der Waals surface area contributed by atoms with E-state index in [1.807, 2.05) is 18.2 Å². The number of hydrogen-bond donors (Lipinski definition) is 1. The number of carbonyl (C=O) groups is 1. The van der Waals surface area contributed by atoms with Crippen LogP contribution in [-0.4, -0.2) is 15.8 Å². The third kappa shape index (κ3) is 3.67. The second-order valence-electron chi connectivity index (χ2n) is 5.23. The Morgan fingerprint density at radius 1 is 1.28 bits per heavy atom. The van der Waals surface area contributed by atoms with Crippen molar-refractivity contribution in [2.45, 2.75) is 6.92 Å². The van der Waals surface area contributed by atoms with Crippen molar-refractivity contribution < 1.29 is 9.72 Å². The number of thiazole rings is 1. The van der Waals surface area contributed by atoms with Crippen molar-refractivity contribution in [1.82, 2.24) is 4.98 Å². The summed E-state index contributed by atoms with van der Waals surface area (Å²) in [6, 6.07) is 11.6. The molecule has 8 heteroatoms. The molecule has 0 aliphatic rings. The predicted octanol–water partition coefficient (Wildman–Crippen LogP) is 4.93. The standard InChI is InChI=1S/C17H12ClN3O3S/c1-10-6-7-11(8-15(10)21(23)24)16(22)20-17-19-14(9-25-17)12-4-2-3-5-13(12)18/h2-9H,1H3,(H,19,20,22). The molecule has 0 saturated carbocycles. The third-order valence-corrected chi connectivity index (χ3v) is 4.63. The molecule has 1 amide bonds. The lowest BCUT2D eigenvalue weighted by atomic mass is 10.1. The predicted molar refractivity (Wildman–Crippen MR) is 98.3 cm³/mol. The van der Waals surface area contributed by atoms with Crippen molar-refractivity contribution in [3.8, 4) is 11.3 Å². The summed E-state index contributed by atoms with van der Waals surface area (Å²) in [5.74, 6) is -0.455. The number of nitrogens with one attached hydrogen (secondary N) is 1. The van der Waals surface area contributed by atoms with Gasteiger partial charge in [-0.3, -0.25) is 20.2 Å². The van der Waals surface area contributed by atoms with Gasteiger partial charge in [-0.05, 0) is 19.1 Å². The zero-order valence-electron chi connectivity index (χ0n) is 13.0. The van der Waals surface area contributed by atoms with Gasteiger partial charge in [-0.25, -0.2) is 4.98 Å². The number of nitrogens with zero attached hydrogens (tertiary/aromatic N) is 2. The highest BCUT2D eigenvalue weighted by molar-refractivity contribution is 7.14. The summed E-state index contributed by atoms with van der Waals surface area (Å²) < 4.78 is 0. The Hall–Kier alpha value is -2.77. The zero-order chi connectivity index (χ0) is 18.0. The van der Waals surface area contributed by atoms with Gasteiger partial charge in [-0.2, -0.15) is 0 Å². The van der Waals surface area contributed by atoms with Gasteiger partial charge in [0, 0.05) is 33.2 Å². The van der Waals surface area contributed by atoms with E-state index in [-0.39, 0.29) is 11.3 Å². The molecule has 1 aromatic heterocycles. The van der Waals surface area contributed by atoms with E-state index in [9.17, 15) is 14.9 Å². The maximum absolute atomic E-state index is 12.3. The largest absolute Gasteiger partial charge is 0.298 e. The number of benzene rings is 2. The number of anilines is 1. The Bertz CT molecular complexity index is 971. The van der Waals surface area contributed by atoms with Gasteiger partial charge in [0.25, 0.3) is 11.6 Å². The van der Waals surface area contributed by atoms with E-state index in [0.29, 0.717) is 21.4 Å². The van der Waals surface area contributed by atoms with Gasteiger partial charge in [-0.15, -0.1) is 11.3 Å².